The number of alkyl carbamates (subject to hydrolysis) is 2. The Morgan fingerprint density at radius 1 is 1.00 bits per heavy atom. The fourth-order valence-corrected chi connectivity index (χ4v) is 4.85. The first-order chi connectivity index (χ1) is 20.1. The molecule has 1 heterocycles. The van der Waals surface area contributed by atoms with Crippen molar-refractivity contribution < 1.29 is 23.9 Å². The summed E-state index contributed by atoms with van der Waals surface area (Å²) < 4.78 is 10.9. The number of rotatable bonds is 12. The predicted molar refractivity (Wildman–Crippen MR) is 157 cm³/mol. The number of fused-ring (bicyclic) bond motifs is 3. The molecule has 1 aromatic heterocycles. The summed E-state index contributed by atoms with van der Waals surface area (Å²) in [5.74, 6) is 0.124. The van der Waals surface area contributed by atoms with Crippen LogP contribution in [0.15, 0.2) is 60.7 Å². The number of benzene rings is 2. The second kappa shape index (κ2) is 13.9. The van der Waals surface area contributed by atoms with Crippen molar-refractivity contribution in [1.82, 2.24) is 30.8 Å². The summed E-state index contributed by atoms with van der Waals surface area (Å²) in [6, 6.07) is 15.4. The van der Waals surface area contributed by atoms with Crippen molar-refractivity contribution in [3.05, 3.63) is 77.6 Å². The molecule has 2 aromatic carbocycles. The monoisotopic (exact) mass is 574 g/mol. The van der Waals surface area contributed by atoms with Gasteiger partial charge >= 0.3 is 12.2 Å². The van der Waals surface area contributed by atoms with Gasteiger partial charge < -0.3 is 20.1 Å². The topological polar surface area (TPSA) is 137 Å². The minimum absolute atomic E-state index is 0.0874. The third kappa shape index (κ3) is 8.48. The van der Waals surface area contributed by atoms with Gasteiger partial charge in [-0.05, 0) is 73.6 Å². The molecular formula is C31H38N6O5. The van der Waals surface area contributed by atoms with E-state index in [1.54, 1.807) is 33.9 Å². The summed E-state index contributed by atoms with van der Waals surface area (Å²) in [5, 5.41) is 17.3. The zero-order valence-electron chi connectivity index (χ0n) is 24.5. The van der Waals surface area contributed by atoms with Crippen molar-refractivity contribution in [2.75, 3.05) is 13.2 Å². The van der Waals surface area contributed by atoms with Gasteiger partial charge in [-0.2, -0.15) is 4.80 Å². The van der Waals surface area contributed by atoms with Crippen molar-refractivity contribution in [2.24, 2.45) is 7.05 Å². The number of unbranched alkanes of at least 4 members (excludes halogenated alkanes) is 1. The number of hydrogen-bond donors (Lipinski definition) is 2. The van der Waals surface area contributed by atoms with Crippen LogP contribution >= 0.6 is 0 Å². The zero-order valence-corrected chi connectivity index (χ0v) is 24.5. The molecule has 222 valence electrons. The molecule has 0 saturated carbocycles. The van der Waals surface area contributed by atoms with Gasteiger partial charge in [0.25, 0.3) is 0 Å². The molecule has 0 saturated heterocycles. The fraction of sp³-hybridized carbons (Fsp3) is 0.419. The number of hydrogen-bond acceptors (Lipinski definition) is 8. The molecular weight excluding hydrogens is 536 g/mol. The Morgan fingerprint density at radius 2 is 1.67 bits per heavy atom. The van der Waals surface area contributed by atoms with E-state index in [1.807, 2.05) is 24.3 Å². The van der Waals surface area contributed by atoms with Gasteiger partial charge in [0.2, 0.25) is 0 Å². The van der Waals surface area contributed by atoms with Gasteiger partial charge in [-0.1, -0.05) is 54.6 Å². The molecule has 1 aliphatic rings. The van der Waals surface area contributed by atoms with E-state index in [0.29, 0.717) is 38.1 Å². The van der Waals surface area contributed by atoms with Crippen molar-refractivity contribution in [1.29, 1.82) is 0 Å². The number of ketones is 1. The number of tetrazole rings is 1. The molecule has 2 N–H and O–H groups in total. The largest absolute Gasteiger partial charge is 0.449 e. The van der Waals surface area contributed by atoms with Crippen LogP contribution < -0.4 is 10.6 Å². The average Bonchev–Trinajstić information content (AvgIpc) is 3.50. The third-order valence-corrected chi connectivity index (χ3v) is 6.70. The van der Waals surface area contributed by atoms with Gasteiger partial charge in [0, 0.05) is 18.9 Å². The minimum atomic E-state index is -0.798. The van der Waals surface area contributed by atoms with Crippen LogP contribution in [0.25, 0.3) is 11.1 Å². The Kier molecular flexibility index (Phi) is 10.1. The lowest BCUT2D eigenvalue weighted by molar-refractivity contribution is -0.116. The van der Waals surface area contributed by atoms with Crippen LogP contribution in [0.5, 0.6) is 0 Å². The number of aromatic nitrogens is 4. The highest BCUT2D eigenvalue weighted by Gasteiger charge is 2.29. The quantitative estimate of drug-likeness (QED) is 0.239. The molecule has 4 rings (SSSR count). The van der Waals surface area contributed by atoms with Crippen LogP contribution in [-0.4, -0.2) is 63.0 Å². The Morgan fingerprint density at radius 3 is 2.29 bits per heavy atom. The molecule has 1 aliphatic carbocycles. The molecule has 0 spiro atoms. The van der Waals surface area contributed by atoms with Crippen molar-refractivity contribution in [2.45, 2.75) is 64.0 Å². The maximum absolute atomic E-state index is 13.1. The van der Waals surface area contributed by atoms with E-state index in [9.17, 15) is 14.4 Å². The van der Waals surface area contributed by atoms with Gasteiger partial charge in [0.1, 0.15) is 12.2 Å². The molecule has 2 amide bonds. The number of allylic oxidation sites excluding steroid dienone is 1. The maximum Gasteiger partial charge on any atom is 0.407 e. The molecule has 1 atom stereocenters. The number of aryl methyl sites for hydroxylation is 1. The SMILES string of the molecule is Cn1nnc(C/C=C/C(=O)[C@H](CCCCNC(=O)OC(C)(C)C)NC(=O)OCC2c3ccccc3-c3ccccc32)n1. The second-order valence-electron chi connectivity index (χ2n) is 11.2. The number of carbonyl (C=O) groups excluding carboxylic acids is 3. The van der Waals surface area contributed by atoms with E-state index in [-0.39, 0.29) is 18.3 Å². The van der Waals surface area contributed by atoms with E-state index in [0.717, 1.165) is 22.3 Å². The van der Waals surface area contributed by atoms with Gasteiger partial charge in [0.05, 0.1) is 13.1 Å². The summed E-state index contributed by atoms with van der Waals surface area (Å²) in [6.07, 6.45) is 3.79. The molecule has 11 heteroatoms. The van der Waals surface area contributed by atoms with Crippen LogP contribution in [0.3, 0.4) is 0 Å². The highest BCUT2D eigenvalue weighted by atomic mass is 16.6. The summed E-state index contributed by atoms with van der Waals surface area (Å²) in [7, 11) is 1.66. The van der Waals surface area contributed by atoms with Crippen molar-refractivity contribution in [3.63, 3.8) is 0 Å². The van der Waals surface area contributed by atoms with E-state index in [2.05, 4.69) is 50.3 Å². The van der Waals surface area contributed by atoms with Gasteiger partial charge in [-0.25, -0.2) is 9.59 Å². The molecule has 0 radical (unpaired) electrons. The first-order valence-corrected chi connectivity index (χ1v) is 14.1. The standard InChI is InChI=1S/C31H38N6O5/c1-31(2,3)42-29(39)32-19-10-9-16-26(27(38)17-11-18-28-34-36-37(4)35-28)33-30(40)41-20-25-23-14-7-5-12-21(23)22-13-6-8-15-24(22)25/h5-8,11-15,17,25-26H,9-10,16,18-20H2,1-4H3,(H,32,39)(H,33,40)/b17-11+/t26-/m0/s1. The van der Waals surface area contributed by atoms with Crippen molar-refractivity contribution >= 4 is 18.0 Å². The summed E-state index contributed by atoms with van der Waals surface area (Å²) in [5.41, 5.74) is 3.91. The Hall–Kier alpha value is -4.54. The van der Waals surface area contributed by atoms with Crippen LogP contribution in [0.1, 0.15) is 62.9 Å². The molecule has 0 unspecified atom stereocenters. The van der Waals surface area contributed by atoms with E-state index >= 15 is 0 Å². The van der Waals surface area contributed by atoms with Crippen LogP contribution in [0.2, 0.25) is 0 Å². The summed E-state index contributed by atoms with van der Waals surface area (Å²) in [6.45, 7) is 5.92. The highest BCUT2D eigenvalue weighted by molar-refractivity contribution is 5.96. The smallest absolute Gasteiger partial charge is 0.407 e. The molecule has 42 heavy (non-hydrogen) atoms. The Labute approximate surface area is 245 Å². The van der Waals surface area contributed by atoms with Crippen LogP contribution in [0, 0.1) is 0 Å². The maximum atomic E-state index is 13.1. The number of nitrogens with one attached hydrogen (secondary N) is 2. The molecule has 0 fully saturated rings. The van der Waals surface area contributed by atoms with E-state index in [1.165, 1.54) is 10.9 Å². The lowest BCUT2D eigenvalue weighted by Gasteiger charge is -2.20. The van der Waals surface area contributed by atoms with E-state index in [4.69, 9.17) is 9.47 Å². The first kappa shape index (κ1) is 30.4. The molecule has 0 bridgehead atoms. The lowest BCUT2D eigenvalue weighted by atomic mass is 9.98. The predicted octanol–water partition coefficient (Wildman–Crippen LogP) is 4.48. The number of ether oxygens (including phenoxy) is 2. The number of carbonyl (C=O) groups is 3. The van der Waals surface area contributed by atoms with Gasteiger partial charge in [0.15, 0.2) is 11.6 Å². The summed E-state index contributed by atoms with van der Waals surface area (Å²) in [4.78, 5) is 39.3. The number of amides is 2. The third-order valence-electron chi connectivity index (χ3n) is 6.70. The van der Waals surface area contributed by atoms with Crippen molar-refractivity contribution in [3.8, 4) is 11.1 Å². The normalized spacial score (nSPS) is 13.3. The van der Waals surface area contributed by atoms with Crippen LogP contribution in [0.4, 0.5) is 9.59 Å². The lowest BCUT2D eigenvalue weighted by Crippen LogP contribution is -2.41. The molecule has 3 aromatic rings. The fourth-order valence-electron chi connectivity index (χ4n) is 4.85. The first-order valence-electron chi connectivity index (χ1n) is 14.1. The van der Waals surface area contributed by atoms with Gasteiger partial charge in [-0.3, -0.25) is 4.79 Å². The Bertz CT molecular complexity index is 1380. The summed E-state index contributed by atoms with van der Waals surface area (Å²) >= 11 is 0. The average molecular weight is 575 g/mol. The zero-order chi connectivity index (χ0) is 30.1. The Balaban J connectivity index is 1.34. The van der Waals surface area contributed by atoms with E-state index < -0.39 is 23.8 Å². The molecule has 11 nitrogen and oxygen atoms in total. The van der Waals surface area contributed by atoms with Gasteiger partial charge in [-0.15, -0.1) is 10.2 Å². The number of nitrogens with zero attached hydrogens (tertiary/aromatic N) is 4. The molecule has 0 aliphatic heterocycles. The van der Waals surface area contributed by atoms with Crippen LogP contribution in [-0.2, 0) is 27.7 Å². The highest BCUT2D eigenvalue weighted by Crippen LogP contribution is 2.44. The minimum Gasteiger partial charge on any atom is -0.449 e. The second-order valence-corrected chi connectivity index (χ2v) is 11.2.